The van der Waals surface area contributed by atoms with Crippen LogP contribution in [0.25, 0.3) is 0 Å². The highest BCUT2D eigenvalue weighted by atomic mass is 16.5. The summed E-state index contributed by atoms with van der Waals surface area (Å²) in [6, 6.07) is 7.80. The highest BCUT2D eigenvalue weighted by Gasteiger charge is 2.16. The zero-order chi connectivity index (χ0) is 20.8. The normalized spacial score (nSPS) is 14.8. The van der Waals surface area contributed by atoms with Crippen LogP contribution >= 0.6 is 0 Å². The van der Waals surface area contributed by atoms with E-state index >= 15 is 0 Å². The van der Waals surface area contributed by atoms with Crippen LogP contribution in [0.5, 0.6) is 0 Å². The number of morpholine rings is 1. The van der Waals surface area contributed by atoms with Crippen LogP contribution in [-0.4, -0.2) is 60.2 Å². The summed E-state index contributed by atoms with van der Waals surface area (Å²) in [5.74, 6) is 0.579. The Balaban J connectivity index is 1.68. The van der Waals surface area contributed by atoms with Crippen molar-refractivity contribution in [3.05, 3.63) is 46.8 Å². The average Bonchev–Trinajstić information content (AvgIpc) is 2.69. The number of carbonyl (C=O) groups is 1. The molecule has 7 heteroatoms. The van der Waals surface area contributed by atoms with E-state index in [0.717, 1.165) is 61.9 Å². The number of hydrogen-bond acceptors (Lipinski definition) is 6. The Morgan fingerprint density at radius 3 is 2.69 bits per heavy atom. The molecule has 29 heavy (non-hydrogen) atoms. The number of nitrogens with zero attached hydrogens (tertiary/aromatic N) is 3. The summed E-state index contributed by atoms with van der Waals surface area (Å²) in [5.41, 5.74) is 4.15. The first-order valence-corrected chi connectivity index (χ1v) is 10.2. The maximum absolute atomic E-state index is 12.9. The van der Waals surface area contributed by atoms with Gasteiger partial charge < -0.3 is 15.4 Å². The Hall–Kier alpha value is -2.51. The molecule has 1 saturated heterocycles. The van der Waals surface area contributed by atoms with E-state index in [-0.39, 0.29) is 5.91 Å². The van der Waals surface area contributed by atoms with Gasteiger partial charge >= 0.3 is 0 Å². The zero-order valence-corrected chi connectivity index (χ0v) is 17.8. The molecule has 0 bridgehead atoms. The Morgan fingerprint density at radius 1 is 1.21 bits per heavy atom. The number of hydrogen-bond donors (Lipinski definition) is 2. The van der Waals surface area contributed by atoms with Crippen molar-refractivity contribution in [1.82, 2.24) is 14.9 Å². The number of nitrogens with one attached hydrogen (secondary N) is 2. The van der Waals surface area contributed by atoms with Gasteiger partial charge in [-0.05, 0) is 37.0 Å². The molecule has 1 aromatic carbocycles. The van der Waals surface area contributed by atoms with Gasteiger partial charge in [0, 0.05) is 37.6 Å². The van der Waals surface area contributed by atoms with E-state index < -0.39 is 0 Å². The molecule has 0 aliphatic carbocycles. The highest BCUT2D eigenvalue weighted by molar-refractivity contribution is 6.04. The summed E-state index contributed by atoms with van der Waals surface area (Å²) in [4.78, 5) is 24.1. The first-order valence-electron chi connectivity index (χ1n) is 10.2. The second kappa shape index (κ2) is 9.80. The summed E-state index contributed by atoms with van der Waals surface area (Å²) >= 11 is 0. The Morgan fingerprint density at radius 2 is 1.97 bits per heavy atom. The number of rotatable bonds is 7. The number of benzene rings is 1. The molecular formula is C22H31N5O2. The summed E-state index contributed by atoms with van der Waals surface area (Å²) in [7, 11) is 0. The van der Waals surface area contributed by atoms with E-state index in [9.17, 15) is 4.79 Å². The van der Waals surface area contributed by atoms with E-state index in [4.69, 9.17) is 4.74 Å². The fourth-order valence-electron chi connectivity index (χ4n) is 3.43. The number of anilines is 2. The minimum atomic E-state index is -0.220. The number of para-hydroxylation sites is 1. The van der Waals surface area contributed by atoms with Crippen LogP contribution in [0, 0.1) is 13.8 Å². The monoisotopic (exact) mass is 397 g/mol. The van der Waals surface area contributed by atoms with Gasteiger partial charge in [0.15, 0.2) is 0 Å². The van der Waals surface area contributed by atoms with Gasteiger partial charge in [-0.2, -0.15) is 0 Å². The molecule has 1 aromatic heterocycles. The molecule has 7 nitrogen and oxygen atoms in total. The summed E-state index contributed by atoms with van der Waals surface area (Å²) in [6.45, 7) is 13.2. The van der Waals surface area contributed by atoms with Crippen LogP contribution < -0.4 is 10.6 Å². The third kappa shape index (κ3) is 5.74. The third-order valence-electron chi connectivity index (χ3n) is 5.07. The number of amides is 1. The first-order chi connectivity index (χ1) is 13.9. The van der Waals surface area contributed by atoms with Crippen LogP contribution in [0.1, 0.15) is 47.1 Å². The molecule has 0 unspecified atom stereocenters. The van der Waals surface area contributed by atoms with Crippen LogP contribution in [-0.2, 0) is 4.74 Å². The standard InChI is InChI=1S/C22H31N5O2/c1-15(2)18-7-5-6-16(3)20(18)26-21(28)19-14-17(4)24-22(25-19)23-8-9-27-10-12-29-13-11-27/h5-7,14-15H,8-13H2,1-4H3,(H,26,28)(H,23,24,25). The molecule has 156 valence electrons. The molecule has 0 radical (unpaired) electrons. The smallest absolute Gasteiger partial charge is 0.274 e. The van der Waals surface area contributed by atoms with Gasteiger partial charge in [0.25, 0.3) is 5.91 Å². The topological polar surface area (TPSA) is 79.4 Å². The van der Waals surface area contributed by atoms with Crippen molar-refractivity contribution in [2.75, 3.05) is 50.0 Å². The molecule has 2 heterocycles. The predicted octanol–water partition coefficient (Wildman–Crippen LogP) is 3.21. The van der Waals surface area contributed by atoms with Gasteiger partial charge in [-0.3, -0.25) is 9.69 Å². The highest BCUT2D eigenvalue weighted by Crippen LogP contribution is 2.27. The van der Waals surface area contributed by atoms with Crippen molar-refractivity contribution in [2.24, 2.45) is 0 Å². The zero-order valence-electron chi connectivity index (χ0n) is 17.8. The van der Waals surface area contributed by atoms with Gasteiger partial charge in [0.05, 0.1) is 13.2 Å². The lowest BCUT2D eigenvalue weighted by Gasteiger charge is -2.26. The van der Waals surface area contributed by atoms with Crippen LogP contribution in [0.3, 0.4) is 0 Å². The van der Waals surface area contributed by atoms with E-state index in [1.807, 2.05) is 26.0 Å². The molecule has 0 spiro atoms. The maximum atomic E-state index is 12.9. The van der Waals surface area contributed by atoms with E-state index in [0.29, 0.717) is 17.6 Å². The van der Waals surface area contributed by atoms with Gasteiger partial charge in [-0.25, -0.2) is 9.97 Å². The molecule has 1 fully saturated rings. The quantitative estimate of drug-likeness (QED) is 0.747. The molecule has 1 aliphatic rings. The van der Waals surface area contributed by atoms with Crippen LogP contribution in [0.2, 0.25) is 0 Å². The van der Waals surface area contributed by atoms with Crippen molar-refractivity contribution < 1.29 is 9.53 Å². The first kappa shape index (κ1) is 21.2. The Kier molecular flexibility index (Phi) is 7.17. The lowest BCUT2D eigenvalue weighted by atomic mass is 9.98. The van der Waals surface area contributed by atoms with Crippen molar-refractivity contribution >= 4 is 17.5 Å². The molecule has 1 aliphatic heterocycles. The summed E-state index contributed by atoms with van der Waals surface area (Å²) < 4.78 is 5.37. The predicted molar refractivity (Wildman–Crippen MR) is 116 cm³/mol. The Bertz CT molecular complexity index is 847. The van der Waals surface area contributed by atoms with Gasteiger partial charge in [-0.1, -0.05) is 32.0 Å². The molecule has 1 amide bonds. The molecule has 0 atom stereocenters. The Labute approximate surface area is 172 Å². The van der Waals surface area contributed by atoms with Crippen LogP contribution in [0.4, 0.5) is 11.6 Å². The molecular weight excluding hydrogens is 366 g/mol. The lowest BCUT2D eigenvalue weighted by molar-refractivity contribution is 0.0398. The fraction of sp³-hybridized carbons (Fsp3) is 0.500. The maximum Gasteiger partial charge on any atom is 0.274 e. The minimum Gasteiger partial charge on any atom is -0.379 e. The molecule has 3 rings (SSSR count). The number of aryl methyl sites for hydroxylation is 2. The number of carbonyl (C=O) groups excluding carboxylic acids is 1. The van der Waals surface area contributed by atoms with Gasteiger partial charge in [-0.15, -0.1) is 0 Å². The minimum absolute atomic E-state index is 0.220. The second-order valence-corrected chi connectivity index (χ2v) is 7.75. The number of ether oxygens (including phenoxy) is 1. The summed E-state index contributed by atoms with van der Waals surface area (Å²) in [6.07, 6.45) is 0. The van der Waals surface area contributed by atoms with E-state index in [2.05, 4.69) is 45.4 Å². The van der Waals surface area contributed by atoms with Crippen molar-refractivity contribution in [3.8, 4) is 0 Å². The second-order valence-electron chi connectivity index (χ2n) is 7.75. The molecule has 2 aromatic rings. The average molecular weight is 398 g/mol. The van der Waals surface area contributed by atoms with Crippen molar-refractivity contribution in [3.63, 3.8) is 0 Å². The van der Waals surface area contributed by atoms with Gasteiger partial charge in [0.1, 0.15) is 5.69 Å². The number of aromatic nitrogens is 2. The van der Waals surface area contributed by atoms with E-state index in [1.54, 1.807) is 6.07 Å². The SMILES string of the molecule is Cc1cc(C(=O)Nc2c(C)cccc2C(C)C)nc(NCCN2CCOCC2)n1. The van der Waals surface area contributed by atoms with Crippen molar-refractivity contribution in [1.29, 1.82) is 0 Å². The van der Waals surface area contributed by atoms with Crippen molar-refractivity contribution in [2.45, 2.75) is 33.6 Å². The molecule has 0 saturated carbocycles. The molecule has 2 N–H and O–H groups in total. The van der Waals surface area contributed by atoms with Gasteiger partial charge in [0.2, 0.25) is 5.95 Å². The van der Waals surface area contributed by atoms with E-state index in [1.165, 1.54) is 0 Å². The fourth-order valence-corrected chi connectivity index (χ4v) is 3.43. The third-order valence-corrected chi connectivity index (χ3v) is 5.07. The van der Waals surface area contributed by atoms with Crippen LogP contribution in [0.15, 0.2) is 24.3 Å². The summed E-state index contributed by atoms with van der Waals surface area (Å²) in [5, 5.41) is 6.31. The lowest BCUT2D eigenvalue weighted by Crippen LogP contribution is -2.39. The largest absolute Gasteiger partial charge is 0.379 e.